The van der Waals surface area contributed by atoms with Crippen LogP contribution in [0.1, 0.15) is 10.4 Å². The summed E-state index contributed by atoms with van der Waals surface area (Å²) < 4.78 is 0. The summed E-state index contributed by atoms with van der Waals surface area (Å²) in [6.45, 7) is 0. The molecular weight excluding hydrogens is 264 g/mol. The number of rotatable bonds is 1. The van der Waals surface area contributed by atoms with Crippen LogP contribution in [0.5, 0.6) is 5.75 Å². The van der Waals surface area contributed by atoms with Crippen molar-refractivity contribution < 1.29 is 15.0 Å². The highest BCUT2D eigenvalue weighted by atomic mass is 16.4. The van der Waals surface area contributed by atoms with Crippen LogP contribution >= 0.6 is 0 Å². The summed E-state index contributed by atoms with van der Waals surface area (Å²) in [5.74, 6) is -1.09. The van der Waals surface area contributed by atoms with Gasteiger partial charge in [0.15, 0.2) is 5.82 Å². The molecule has 2 aromatic rings. The summed E-state index contributed by atoms with van der Waals surface area (Å²) in [5.41, 5.74) is 21.5. The Morgan fingerprint density at radius 1 is 1.15 bits per heavy atom. The summed E-state index contributed by atoms with van der Waals surface area (Å²) in [4.78, 5) is 17.6. The fraction of sp³-hybridized carbons (Fsp3) is 0. The van der Waals surface area contributed by atoms with Crippen LogP contribution < -0.4 is 22.9 Å². The topological polar surface area (TPSA) is 187 Å². The maximum absolute atomic E-state index is 10.4. The Morgan fingerprint density at radius 3 is 2.25 bits per heavy atom. The fourth-order valence-corrected chi connectivity index (χ4v) is 1.14. The van der Waals surface area contributed by atoms with Crippen LogP contribution in [0.3, 0.4) is 0 Å². The summed E-state index contributed by atoms with van der Waals surface area (Å²) in [5, 5.41) is 17.4. The van der Waals surface area contributed by atoms with E-state index in [1.165, 1.54) is 24.4 Å². The van der Waals surface area contributed by atoms with E-state index in [2.05, 4.69) is 9.97 Å². The van der Waals surface area contributed by atoms with Gasteiger partial charge in [0.05, 0.1) is 11.9 Å². The Hall–Kier alpha value is -3.23. The van der Waals surface area contributed by atoms with E-state index in [4.69, 9.17) is 33.1 Å². The molecule has 20 heavy (non-hydrogen) atoms. The van der Waals surface area contributed by atoms with E-state index < -0.39 is 5.97 Å². The van der Waals surface area contributed by atoms with Gasteiger partial charge in [-0.3, -0.25) is 0 Å². The lowest BCUT2D eigenvalue weighted by molar-refractivity contribution is 0.0694. The third-order valence-electron chi connectivity index (χ3n) is 2.12. The van der Waals surface area contributed by atoms with Crippen LogP contribution in [0.2, 0.25) is 0 Å². The Morgan fingerprint density at radius 2 is 1.80 bits per heavy atom. The van der Waals surface area contributed by atoms with Crippen molar-refractivity contribution in [3.05, 3.63) is 30.0 Å². The van der Waals surface area contributed by atoms with Gasteiger partial charge in [0.2, 0.25) is 5.95 Å². The number of nitrogen functional groups attached to an aromatic ring is 4. The second kappa shape index (κ2) is 6.09. The monoisotopic (exact) mass is 278 g/mol. The molecule has 0 fully saturated rings. The standard InChI is InChI=1S/C7H7NO3.C4H7N5/c8-4-1-2-6(9)5(3-4)7(10)11;5-2-1-8-4(7)9-3(2)6/h1-3,9H,8H2,(H,10,11);1H,5H2,(H4,6,7,8,9). The molecule has 0 spiro atoms. The molecule has 2 rings (SSSR count). The molecule has 0 bridgehead atoms. The molecule has 0 atom stereocenters. The first-order valence-electron chi connectivity index (χ1n) is 5.26. The molecule has 1 heterocycles. The molecule has 0 saturated heterocycles. The highest BCUT2D eigenvalue weighted by Gasteiger charge is 2.08. The van der Waals surface area contributed by atoms with Crippen LogP contribution in [-0.2, 0) is 0 Å². The second-order valence-corrected chi connectivity index (χ2v) is 3.65. The Balaban J connectivity index is 0.000000204. The Kier molecular flexibility index (Phi) is 4.51. The van der Waals surface area contributed by atoms with Gasteiger partial charge in [-0.15, -0.1) is 0 Å². The third kappa shape index (κ3) is 3.91. The molecule has 0 saturated carbocycles. The first kappa shape index (κ1) is 14.8. The van der Waals surface area contributed by atoms with Gasteiger partial charge < -0.3 is 33.1 Å². The summed E-state index contributed by atoms with van der Waals surface area (Å²) in [6.07, 6.45) is 1.37. The molecule has 1 aromatic carbocycles. The molecule has 0 amide bonds. The maximum atomic E-state index is 10.4. The van der Waals surface area contributed by atoms with Crippen LogP contribution in [0.15, 0.2) is 24.4 Å². The zero-order chi connectivity index (χ0) is 15.3. The van der Waals surface area contributed by atoms with E-state index in [0.29, 0.717) is 11.4 Å². The normalized spacial score (nSPS) is 9.40. The summed E-state index contributed by atoms with van der Waals surface area (Å²) >= 11 is 0. The number of aromatic hydroxyl groups is 1. The molecule has 1 aromatic heterocycles. The molecule has 0 aliphatic carbocycles. The number of nitrogens with two attached hydrogens (primary N) is 4. The number of nitrogens with zero attached hydrogens (tertiary/aromatic N) is 2. The lowest BCUT2D eigenvalue weighted by Gasteiger charge is -1.98. The number of anilines is 4. The zero-order valence-electron chi connectivity index (χ0n) is 10.3. The molecular formula is C11H14N6O3. The van der Waals surface area contributed by atoms with E-state index in [-0.39, 0.29) is 23.1 Å². The van der Waals surface area contributed by atoms with Crippen LogP contribution in [0, 0.1) is 0 Å². The van der Waals surface area contributed by atoms with Crippen LogP contribution in [0.25, 0.3) is 0 Å². The fourth-order valence-electron chi connectivity index (χ4n) is 1.14. The van der Waals surface area contributed by atoms with E-state index in [0.717, 1.165) is 0 Å². The minimum atomic E-state index is -1.19. The van der Waals surface area contributed by atoms with Gasteiger partial charge in [0, 0.05) is 5.69 Å². The van der Waals surface area contributed by atoms with Gasteiger partial charge in [-0.1, -0.05) is 0 Å². The zero-order valence-corrected chi connectivity index (χ0v) is 10.3. The smallest absolute Gasteiger partial charge is 0.339 e. The van der Waals surface area contributed by atoms with E-state index in [1.807, 2.05) is 0 Å². The number of aromatic nitrogens is 2. The number of hydrogen-bond donors (Lipinski definition) is 6. The molecule has 9 heteroatoms. The molecule has 106 valence electrons. The van der Waals surface area contributed by atoms with Gasteiger partial charge in [-0.05, 0) is 18.2 Å². The van der Waals surface area contributed by atoms with E-state index in [9.17, 15) is 4.79 Å². The van der Waals surface area contributed by atoms with Gasteiger partial charge in [0.25, 0.3) is 0 Å². The van der Waals surface area contributed by atoms with Crippen molar-refractivity contribution in [2.24, 2.45) is 0 Å². The lowest BCUT2D eigenvalue weighted by Crippen LogP contribution is -2.02. The average molecular weight is 278 g/mol. The Bertz CT molecular complexity index is 632. The quantitative estimate of drug-likeness (QED) is 0.305. The van der Waals surface area contributed by atoms with E-state index in [1.54, 1.807) is 0 Å². The molecule has 0 radical (unpaired) electrons. The first-order chi connectivity index (χ1) is 9.31. The molecule has 0 aliphatic rings. The van der Waals surface area contributed by atoms with Crippen molar-refractivity contribution in [3.63, 3.8) is 0 Å². The average Bonchev–Trinajstić information content (AvgIpc) is 2.38. The number of carboxylic acids is 1. The largest absolute Gasteiger partial charge is 0.507 e. The van der Waals surface area contributed by atoms with Gasteiger partial charge in [-0.25, -0.2) is 9.78 Å². The summed E-state index contributed by atoms with van der Waals surface area (Å²) in [7, 11) is 0. The van der Waals surface area contributed by atoms with Crippen molar-refractivity contribution in [3.8, 4) is 5.75 Å². The van der Waals surface area contributed by atoms with Crippen LogP contribution in [-0.4, -0.2) is 26.2 Å². The number of phenols is 1. The van der Waals surface area contributed by atoms with E-state index >= 15 is 0 Å². The molecule has 10 N–H and O–H groups in total. The summed E-state index contributed by atoms with van der Waals surface area (Å²) in [6, 6.07) is 3.89. The number of benzene rings is 1. The van der Waals surface area contributed by atoms with Crippen molar-refractivity contribution in [2.45, 2.75) is 0 Å². The highest BCUT2D eigenvalue weighted by Crippen LogP contribution is 2.18. The van der Waals surface area contributed by atoms with Crippen LogP contribution in [0.4, 0.5) is 23.1 Å². The second-order valence-electron chi connectivity index (χ2n) is 3.65. The highest BCUT2D eigenvalue weighted by molar-refractivity contribution is 5.91. The molecule has 0 unspecified atom stereocenters. The SMILES string of the molecule is Nc1ccc(O)c(C(=O)O)c1.Nc1ncc(N)c(N)n1. The minimum Gasteiger partial charge on any atom is -0.507 e. The van der Waals surface area contributed by atoms with Gasteiger partial charge >= 0.3 is 5.97 Å². The van der Waals surface area contributed by atoms with Gasteiger partial charge in [-0.2, -0.15) is 4.98 Å². The predicted molar refractivity (Wildman–Crippen MR) is 74.7 cm³/mol. The lowest BCUT2D eigenvalue weighted by atomic mass is 10.2. The first-order valence-corrected chi connectivity index (χ1v) is 5.26. The maximum Gasteiger partial charge on any atom is 0.339 e. The minimum absolute atomic E-state index is 0.140. The number of aromatic carboxylic acids is 1. The van der Waals surface area contributed by atoms with Crippen molar-refractivity contribution in [1.29, 1.82) is 0 Å². The third-order valence-corrected chi connectivity index (χ3v) is 2.12. The Labute approximate surface area is 113 Å². The van der Waals surface area contributed by atoms with Crippen molar-refractivity contribution >= 4 is 29.1 Å². The van der Waals surface area contributed by atoms with Crippen molar-refractivity contribution in [1.82, 2.24) is 9.97 Å². The molecule has 0 aliphatic heterocycles. The number of carboxylic acid groups (broad SMARTS) is 1. The van der Waals surface area contributed by atoms with Crippen molar-refractivity contribution in [2.75, 3.05) is 22.9 Å². The number of hydrogen-bond acceptors (Lipinski definition) is 8. The predicted octanol–water partition coefficient (Wildman–Crippen LogP) is -0.104. The molecule has 9 nitrogen and oxygen atoms in total. The number of carbonyl (C=O) groups is 1. The van der Waals surface area contributed by atoms with Gasteiger partial charge in [0.1, 0.15) is 11.3 Å².